The molecule has 8 nitrogen and oxygen atoms in total. The zero-order valence-corrected chi connectivity index (χ0v) is 20.8. The lowest BCUT2D eigenvalue weighted by molar-refractivity contribution is 0.0580. The van der Waals surface area contributed by atoms with E-state index >= 15 is 0 Å². The molecule has 0 unspecified atom stereocenters. The number of nitrogens with zero attached hydrogens (tertiary/aromatic N) is 4. The van der Waals surface area contributed by atoms with Gasteiger partial charge in [0.25, 0.3) is 0 Å². The van der Waals surface area contributed by atoms with Crippen molar-refractivity contribution in [2.24, 2.45) is 0 Å². The number of para-hydroxylation sites is 2. The molecular formula is C25H32N4O4S. The molecule has 0 bridgehead atoms. The quantitative estimate of drug-likeness (QED) is 0.648. The molecule has 0 aromatic heterocycles. The molecule has 0 spiro atoms. The molecule has 1 saturated heterocycles. The molecule has 0 aliphatic carbocycles. The normalized spacial score (nSPS) is 17.3. The maximum Gasteiger partial charge on any atom is 0.414 e. The Hall–Kier alpha value is -3.04. The third kappa shape index (κ3) is 5.05. The van der Waals surface area contributed by atoms with Gasteiger partial charge in [-0.2, -0.15) is 4.31 Å². The molecule has 0 N–H and O–H groups in total. The Morgan fingerprint density at radius 1 is 0.882 bits per heavy atom. The highest BCUT2D eigenvalue weighted by atomic mass is 32.2. The summed E-state index contributed by atoms with van der Waals surface area (Å²) < 4.78 is 31.1. The summed E-state index contributed by atoms with van der Waals surface area (Å²) >= 11 is 0. The number of carbonyl (C=O) groups is 1. The van der Waals surface area contributed by atoms with E-state index < -0.39 is 15.6 Å². The minimum absolute atomic E-state index is 0.340. The van der Waals surface area contributed by atoms with E-state index in [9.17, 15) is 13.2 Å². The Labute approximate surface area is 202 Å². The fourth-order valence-corrected chi connectivity index (χ4v) is 5.17. The molecular weight excluding hydrogens is 452 g/mol. The first-order valence-corrected chi connectivity index (χ1v) is 12.9. The van der Waals surface area contributed by atoms with Gasteiger partial charge in [-0.25, -0.2) is 13.2 Å². The van der Waals surface area contributed by atoms with E-state index in [4.69, 9.17) is 4.74 Å². The molecule has 9 heteroatoms. The highest BCUT2D eigenvalue weighted by Gasteiger charge is 2.31. The van der Waals surface area contributed by atoms with Crippen LogP contribution in [0.25, 0.3) is 0 Å². The van der Waals surface area contributed by atoms with E-state index in [1.165, 1.54) is 4.31 Å². The minimum atomic E-state index is -3.37. The lowest BCUT2D eigenvalue weighted by Crippen LogP contribution is -2.48. The van der Waals surface area contributed by atoms with Crippen LogP contribution in [0.1, 0.15) is 20.8 Å². The number of anilines is 4. The first kappa shape index (κ1) is 24.1. The van der Waals surface area contributed by atoms with Crippen molar-refractivity contribution in [1.29, 1.82) is 0 Å². The number of hydrogen-bond acceptors (Lipinski definition) is 6. The van der Waals surface area contributed by atoms with Gasteiger partial charge in [0.1, 0.15) is 5.60 Å². The van der Waals surface area contributed by atoms with Gasteiger partial charge in [0.05, 0.1) is 11.4 Å². The fourth-order valence-electron chi connectivity index (χ4n) is 4.29. The number of benzene rings is 2. The molecule has 34 heavy (non-hydrogen) atoms. The highest BCUT2D eigenvalue weighted by Crippen LogP contribution is 2.38. The van der Waals surface area contributed by atoms with Crippen LogP contribution in [-0.4, -0.2) is 63.7 Å². The summed E-state index contributed by atoms with van der Waals surface area (Å²) in [6.45, 7) is 12.3. The predicted octanol–water partition coefficient (Wildman–Crippen LogP) is 4.18. The Bertz CT molecular complexity index is 1150. The fraction of sp³-hybridized carbons (Fsp3) is 0.400. The van der Waals surface area contributed by atoms with Crippen LogP contribution in [-0.2, 0) is 14.8 Å². The zero-order valence-electron chi connectivity index (χ0n) is 20.0. The van der Waals surface area contributed by atoms with Crippen molar-refractivity contribution in [2.45, 2.75) is 26.4 Å². The van der Waals surface area contributed by atoms with Crippen molar-refractivity contribution < 1.29 is 17.9 Å². The van der Waals surface area contributed by atoms with Crippen molar-refractivity contribution in [3.63, 3.8) is 0 Å². The van der Waals surface area contributed by atoms with Crippen molar-refractivity contribution in [3.8, 4) is 0 Å². The Kier molecular flexibility index (Phi) is 6.60. The second kappa shape index (κ2) is 9.31. The third-order valence-corrected chi connectivity index (χ3v) is 7.47. The third-order valence-electron chi connectivity index (χ3n) is 5.96. The number of fused-ring (bicyclic) bond motifs is 1. The second-order valence-electron chi connectivity index (χ2n) is 9.39. The molecule has 2 aromatic rings. The number of sulfonamides is 1. The lowest BCUT2D eigenvalue weighted by atomic mass is 10.1. The number of amides is 1. The summed E-state index contributed by atoms with van der Waals surface area (Å²) in [5.74, 6) is 0. The van der Waals surface area contributed by atoms with E-state index in [0.717, 1.165) is 28.2 Å². The summed E-state index contributed by atoms with van der Waals surface area (Å²) in [5.41, 5.74) is 3.32. The molecule has 4 rings (SSSR count). The summed E-state index contributed by atoms with van der Waals surface area (Å²) in [4.78, 5) is 18.9. The van der Waals surface area contributed by atoms with Crippen LogP contribution in [0, 0.1) is 0 Å². The zero-order chi connectivity index (χ0) is 24.5. The van der Waals surface area contributed by atoms with E-state index in [0.29, 0.717) is 39.3 Å². The first-order valence-electron chi connectivity index (χ1n) is 11.4. The van der Waals surface area contributed by atoms with Gasteiger partial charge >= 0.3 is 6.09 Å². The van der Waals surface area contributed by atoms with Gasteiger partial charge in [0, 0.05) is 56.1 Å². The summed E-state index contributed by atoms with van der Waals surface area (Å²) in [6, 6.07) is 16.1. The second-order valence-corrected chi connectivity index (χ2v) is 11.3. The monoisotopic (exact) mass is 484 g/mol. The van der Waals surface area contributed by atoms with Gasteiger partial charge in [0.2, 0.25) is 10.0 Å². The summed E-state index contributed by atoms with van der Waals surface area (Å²) in [7, 11) is -3.37. The van der Waals surface area contributed by atoms with Crippen molar-refractivity contribution in [3.05, 3.63) is 60.5 Å². The number of piperazine rings is 1. The smallest absolute Gasteiger partial charge is 0.414 e. The van der Waals surface area contributed by atoms with Crippen LogP contribution in [0.15, 0.2) is 60.5 Å². The van der Waals surface area contributed by atoms with E-state index in [1.807, 2.05) is 45.0 Å². The molecule has 1 fully saturated rings. The van der Waals surface area contributed by atoms with Crippen LogP contribution < -0.4 is 14.7 Å². The Balaban J connectivity index is 1.49. The van der Waals surface area contributed by atoms with Crippen molar-refractivity contribution in [2.75, 3.05) is 54.0 Å². The average Bonchev–Trinajstić information content (AvgIpc) is 2.82. The maximum atomic E-state index is 12.8. The summed E-state index contributed by atoms with van der Waals surface area (Å²) in [5, 5.41) is 1.01. The van der Waals surface area contributed by atoms with Crippen LogP contribution in [0.4, 0.5) is 27.5 Å². The summed E-state index contributed by atoms with van der Waals surface area (Å²) in [6.07, 6.45) is -0.340. The van der Waals surface area contributed by atoms with Gasteiger partial charge in [-0.15, -0.1) is 0 Å². The van der Waals surface area contributed by atoms with Gasteiger partial charge in [0.15, 0.2) is 0 Å². The molecule has 2 heterocycles. The van der Waals surface area contributed by atoms with E-state index in [-0.39, 0.29) is 6.09 Å². The van der Waals surface area contributed by atoms with Crippen molar-refractivity contribution in [1.82, 2.24) is 4.31 Å². The first-order chi connectivity index (χ1) is 16.1. The standard InChI is InChI=1S/C25H32N4O4S/c1-5-34(31,32)27-16-14-26(15-17-27)20-10-12-21(13-11-20)28-18-19-29(24(30)33-25(2,3)4)23-9-7-6-8-22(23)28/h5-13H,1,14-19H2,2-4H3. The highest BCUT2D eigenvalue weighted by molar-refractivity contribution is 7.92. The number of carbonyl (C=O) groups excluding carboxylic acids is 1. The molecule has 0 saturated carbocycles. The number of hydrogen-bond donors (Lipinski definition) is 0. The van der Waals surface area contributed by atoms with Gasteiger partial charge in [-0.3, -0.25) is 4.90 Å². The SMILES string of the molecule is C=CS(=O)(=O)N1CCN(c2ccc(N3CCN(C(=O)OC(C)(C)C)c4ccccc43)cc2)CC1. The Morgan fingerprint density at radius 2 is 1.47 bits per heavy atom. The molecule has 1 amide bonds. The topological polar surface area (TPSA) is 73.4 Å². The van der Waals surface area contributed by atoms with Crippen molar-refractivity contribution >= 4 is 38.9 Å². The van der Waals surface area contributed by atoms with Crippen LogP contribution in [0.2, 0.25) is 0 Å². The lowest BCUT2D eigenvalue weighted by Gasteiger charge is -2.38. The van der Waals surface area contributed by atoms with E-state index in [2.05, 4.69) is 40.6 Å². The molecule has 0 radical (unpaired) electrons. The minimum Gasteiger partial charge on any atom is -0.443 e. The predicted molar refractivity (Wildman–Crippen MR) is 136 cm³/mol. The molecule has 0 atom stereocenters. The van der Waals surface area contributed by atoms with Gasteiger partial charge < -0.3 is 14.5 Å². The maximum absolute atomic E-state index is 12.8. The Morgan fingerprint density at radius 3 is 2.06 bits per heavy atom. The largest absolute Gasteiger partial charge is 0.443 e. The molecule has 182 valence electrons. The van der Waals surface area contributed by atoms with Gasteiger partial charge in [-0.05, 0) is 57.2 Å². The van der Waals surface area contributed by atoms with Gasteiger partial charge in [-0.1, -0.05) is 18.7 Å². The van der Waals surface area contributed by atoms with E-state index in [1.54, 1.807) is 4.90 Å². The average molecular weight is 485 g/mol. The number of ether oxygens (including phenoxy) is 1. The van der Waals surface area contributed by atoms with Crippen LogP contribution in [0.3, 0.4) is 0 Å². The van der Waals surface area contributed by atoms with Crippen LogP contribution in [0.5, 0.6) is 0 Å². The molecule has 2 aliphatic rings. The molecule has 2 aliphatic heterocycles. The number of rotatable bonds is 4. The van der Waals surface area contributed by atoms with Crippen LogP contribution >= 0.6 is 0 Å². The molecule has 2 aromatic carbocycles.